The van der Waals surface area contributed by atoms with Crippen molar-refractivity contribution >= 4 is 43.5 Å². The molecule has 1 aliphatic rings. The monoisotopic (exact) mass is 653 g/mol. The van der Waals surface area contributed by atoms with Gasteiger partial charge in [0.05, 0.1) is 10.6 Å². The number of hydrogen-bond donors (Lipinski definition) is 1. The minimum atomic E-state index is -4.10. The number of hydrogen-bond acceptors (Lipinski definition) is 4. The van der Waals surface area contributed by atoms with Gasteiger partial charge in [-0.3, -0.25) is 13.9 Å². The quantitative estimate of drug-likeness (QED) is 0.255. The topological polar surface area (TPSA) is 86.8 Å². The first-order valence-corrected chi connectivity index (χ1v) is 16.8. The van der Waals surface area contributed by atoms with Crippen LogP contribution in [0.5, 0.6) is 0 Å². The predicted molar refractivity (Wildman–Crippen MR) is 171 cm³/mol. The van der Waals surface area contributed by atoms with Crippen LogP contribution in [0, 0.1) is 13.8 Å². The number of aryl methyl sites for hydroxylation is 2. The fraction of sp³-hybridized carbons (Fsp3) is 0.394. The zero-order valence-corrected chi connectivity index (χ0v) is 27.0. The Balaban J connectivity index is 1.71. The first-order chi connectivity index (χ1) is 20.1. The summed E-state index contributed by atoms with van der Waals surface area (Å²) in [6.07, 6.45) is 5.58. The third-order valence-electron chi connectivity index (χ3n) is 7.94. The molecule has 3 aromatic carbocycles. The summed E-state index contributed by atoms with van der Waals surface area (Å²) in [6, 6.07) is 20.5. The number of anilines is 1. The zero-order valence-electron chi connectivity index (χ0n) is 24.6. The van der Waals surface area contributed by atoms with Crippen molar-refractivity contribution in [3.63, 3.8) is 0 Å². The lowest BCUT2D eigenvalue weighted by atomic mass is 9.95. The van der Waals surface area contributed by atoms with Crippen LogP contribution < -0.4 is 9.62 Å². The summed E-state index contributed by atoms with van der Waals surface area (Å²) >= 11 is 3.41. The molecule has 3 aromatic rings. The smallest absolute Gasteiger partial charge is 0.264 e. The second kappa shape index (κ2) is 14.3. The van der Waals surface area contributed by atoms with E-state index in [0.717, 1.165) is 51.2 Å². The van der Waals surface area contributed by atoms with E-state index in [2.05, 4.69) is 21.2 Å². The number of carbonyl (C=O) groups is 2. The van der Waals surface area contributed by atoms with Crippen molar-refractivity contribution in [2.75, 3.05) is 10.8 Å². The number of benzene rings is 3. The van der Waals surface area contributed by atoms with Crippen LogP contribution in [0.2, 0.25) is 0 Å². The molecule has 224 valence electrons. The molecule has 9 heteroatoms. The summed E-state index contributed by atoms with van der Waals surface area (Å²) in [4.78, 5) is 29.6. The van der Waals surface area contributed by atoms with Gasteiger partial charge in [-0.1, -0.05) is 84.1 Å². The minimum Gasteiger partial charge on any atom is -0.352 e. The zero-order chi connectivity index (χ0) is 30.3. The standard InChI is InChI=1S/C33H40BrN3O4S/c1-4-31(33(39)35-28-12-6-5-7-13-28)36(22-26-11-9-8-10-25(26)3)32(38)23-37(29-18-16-27(34)17-19-29)42(40,41)30-20-14-24(2)15-21-30/h8-11,14-21,28,31H,4-7,12-13,22-23H2,1-3H3,(H,35,39)/t31-/m0/s1. The second-order valence-corrected chi connectivity index (χ2v) is 13.8. The average Bonchev–Trinajstić information content (AvgIpc) is 2.98. The molecule has 1 N–H and O–H groups in total. The van der Waals surface area contributed by atoms with Gasteiger partial charge in [0, 0.05) is 17.1 Å². The maximum absolute atomic E-state index is 14.3. The lowest BCUT2D eigenvalue weighted by molar-refractivity contribution is -0.140. The number of halogens is 1. The molecule has 0 spiro atoms. The summed E-state index contributed by atoms with van der Waals surface area (Å²) in [5.74, 6) is -0.634. The molecular weight excluding hydrogens is 614 g/mol. The van der Waals surface area contributed by atoms with Gasteiger partial charge in [-0.25, -0.2) is 8.42 Å². The third kappa shape index (κ3) is 7.81. The first-order valence-electron chi connectivity index (χ1n) is 14.6. The Bertz CT molecular complexity index is 1470. The van der Waals surface area contributed by atoms with Crippen molar-refractivity contribution in [1.82, 2.24) is 10.2 Å². The molecule has 7 nitrogen and oxygen atoms in total. The van der Waals surface area contributed by atoms with Gasteiger partial charge < -0.3 is 10.2 Å². The molecule has 1 aliphatic carbocycles. The Morgan fingerprint density at radius 2 is 1.57 bits per heavy atom. The van der Waals surface area contributed by atoms with Crippen LogP contribution in [0.1, 0.15) is 62.1 Å². The van der Waals surface area contributed by atoms with E-state index in [-0.39, 0.29) is 23.4 Å². The largest absolute Gasteiger partial charge is 0.352 e. The predicted octanol–water partition coefficient (Wildman–Crippen LogP) is 6.52. The molecule has 1 fully saturated rings. The van der Waals surface area contributed by atoms with Crippen molar-refractivity contribution in [2.45, 2.75) is 82.8 Å². The van der Waals surface area contributed by atoms with Crippen molar-refractivity contribution in [1.29, 1.82) is 0 Å². The van der Waals surface area contributed by atoms with Crippen molar-refractivity contribution in [2.24, 2.45) is 0 Å². The van der Waals surface area contributed by atoms with E-state index in [1.54, 1.807) is 53.4 Å². The summed E-state index contributed by atoms with van der Waals surface area (Å²) in [5, 5.41) is 3.19. The van der Waals surface area contributed by atoms with Crippen LogP contribution in [0.4, 0.5) is 5.69 Å². The van der Waals surface area contributed by atoms with Gasteiger partial charge >= 0.3 is 0 Å². The molecule has 42 heavy (non-hydrogen) atoms. The summed E-state index contributed by atoms with van der Waals surface area (Å²) in [6.45, 7) is 5.49. The van der Waals surface area contributed by atoms with E-state index in [1.807, 2.05) is 45.0 Å². The van der Waals surface area contributed by atoms with Gasteiger partial charge in [0.1, 0.15) is 12.6 Å². The second-order valence-electron chi connectivity index (χ2n) is 11.0. The molecule has 1 saturated carbocycles. The molecule has 0 saturated heterocycles. The van der Waals surface area contributed by atoms with Crippen LogP contribution in [0.25, 0.3) is 0 Å². The number of amides is 2. The Kier molecular flexibility index (Phi) is 10.8. The van der Waals surface area contributed by atoms with Gasteiger partial charge in [-0.2, -0.15) is 0 Å². The maximum Gasteiger partial charge on any atom is 0.264 e. The lowest BCUT2D eigenvalue weighted by Gasteiger charge is -2.34. The minimum absolute atomic E-state index is 0.0938. The highest BCUT2D eigenvalue weighted by atomic mass is 79.9. The average molecular weight is 655 g/mol. The molecular formula is C33H40BrN3O4S. The SMILES string of the molecule is CC[C@@H](C(=O)NC1CCCCC1)N(Cc1ccccc1C)C(=O)CN(c1ccc(Br)cc1)S(=O)(=O)c1ccc(C)cc1. The summed E-state index contributed by atoms with van der Waals surface area (Å²) in [5.41, 5.74) is 3.20. The number of sulfonamides is 1. The Morgan fingerprint density at radius 3 is 2.19 bits per heavy atom. The Morgan fingerprint density at radius 1 is 0.929 bits per heavy atom. The van der Waals surface area contributed by atoms with Crippen molar-refractivity contribution in [3.8, 4) is 0 Å². The Labute approximate surface area is 258 Å². The molecule has 2 amide bonds. The highest BCUT2D eigenvalue weighted by Gasteiger charge is 2.34. The fourth-order valence-corrected chi connectivity index (χ4v) is 7.09. The van der Waals surface area contributed by atoms with Gasteiger partial charge in [0.15, 0.2) is 0 Å². The normalized spacial score (nSPS) is 14.7. The number of nitrogens with zero attached hydrogens (tertiary/aromatic N) is 2. The fourth-order valence-electron chi connectivity index (χ4n) is 5.41. The van der Waals surface area contributed by atoms with E-state index in [1.165, 1.54) is 6.42 Å². The number of nitrogens with one attached hydrogen (secondary N) is 1. The summed E-state index contributed by atoms with van der Waals surface area (Å²) < 4.78 is 29.9. The van der Waals surface area contributed by atoms with Gasteiger partial charge in [0.25, 0.3) is 10.0 Å². The van der Waals surface area contributed by atoms with Crippen LogP contribution >= 0.6 is 15.9 Å². The number of rotatable bonds is 11. The van der Waals surface area contributed by atoms with E-state index in [4.69, 9.17) is 0 Å². The Hall–Kier alpha value is -3.17. The highest BCUT2D eigenvalue weighted by Crippen LogP contribution is 2.27. The van der Waals surface area contributed by atoms with Gasteiger partial charge in [-0.15, -0.1) is 0 Å². The van der Waals surface area contributed by atoms with E-state index >= 15 is 0 Å². The summed E-state index contributed by atoms with van der Waals surface area (Å²) in [7, 11) is -4.10. The molecule has 0 aliphatic heterocycles. The van der Waals surface area contributed by atoms with E-state index in [9.17, 15) is 18.0 Å². The molecule has 0 aromatic heterocycles. The van der Waals surface area contributed by atoms with Gasteiger partial charge in [-0.05, 0) is 80.6 Å². The van der Waals surface area contributed by atoms with E-state index < -0.39 is 28.5 Å². The molecule has 0 unspecified atom stereocenters. The molecule has 0 radical (unpaired) electrons. The first kappa shape index (κ1) is 31.8. The molecule has 0 bridgehead atoms. The molecule has 4 rings (SSSR count). The lowest BCUT2D eigenvalue weighted by Crippen LogP contribution is -2.54. The van der Waals surface area contributed by atoms with Crippen LogP contribution in [0.3, 0.4) is 0 Å². The van der Waals surface area contributed by atoms with E-state index in [0.29, 0.717) is 12.1 Å². The molecule has 0 heterocycles. The van der Waals surface area contributed by atoms with Crippen LogP contribution in [-0.2, 0) is 26.2 Å². The van der Waals surface area contributed by atoms with Crippen molar-refractivity contribution < 1.29 is 18.0 Å². The molecule has 1 atom stereocenters. The highest BCUT2D eigenvalue weighted by molar-refractivity contribution is 9.10. The maximum atomic E-state index is 14.3. The van der Waals surface area contributed by atoms with Crippen molar-refractivity contribution in [3.05, 3.63) is 94.0 Å². The number of carbonyl (C=O) groups excluding carboxylic acids is 2. The van der Waals surface area contributed by atoms with Crippen LogP contribution in [-0.4, -0.2) is 43.8 Å². The van der Waals surface area contributed by atoms with Gasteiger partial charge in [0.2, 0.25) is 11.8 Å². The van der Waals surface area contributed by atoms with Crippen LogP contribution in [0.15, 0.2) is 82.2 Å². The third-order valence-corrected chi connectivity index (χ3v) is 10.3.